The van der Waals surface area contributed by atoms with Gasteiger partial charge < -0.3 is 5.32 Å². The Balaban J connectivity index is 2.14. The largest absolute Gasteiger partial charge is 0.305 e. The Morgan fingerprint density at radius 3 is 3.00 bits per heavy atom. The molecule has 1 fully saturated rings. The van der Waals surface area contributed by atoms with Crippen LogP contribution in [0.15, 0.2) is 12.1 Å². The van der Waals surface area contributed by atoms with Crippen LogP contribution in [0.3, 0.4) is 0 Å². The summed E-state index contributed by atoms with van der Waals surface area (Å²) >= 11 is 0. The first-order valence-electron chi connectivity index (χ1n) is 6.70. The van der Waals surface area contributed by atoms with E-state index in [-0.39, 0.29) is 5.54 Å². The molecule has 0 amide bonds. The van der Waals surface area contributed by atoms with Crippen molar-refractivity contribution in [1.29, 1.82) is 0 Å². The molecule has 1 unspecified atom stereocenters. The van der Waals surface area contributed by atoms with Crippen molar-refractivity contribution in [3.63, 3.8) is 0 Å². The topological polar surface area (TPSA) is 55.1 Å². The van der Waals surface area contributed by atoms with Crippen molar-refractivity contribution < 1.29 is 0 Å². The zero-order valence-electron chi connectivity index (χ0n) is 11.0. The molecule has 18 heavy (non-hydrogen) atoms. The van der Waals surface area contributed by atoms with Crippen LogP contribution in [-0.2, 0) is 5.54 Å². The minimum absolute atomic E-state index is 0.0328. The number of hydrogen-bond acceptors (Lipinski definition) is 4. The summed E-state index contributed by atoms with van der Waals surface area (Å²) in [6.07, 6.45) is 4.54. The van der Waals surface area contributed by atoms with Crippen LogP contribution in [0.25, 0.3) is 5.65 Å². The highest BCUT2D eigenvalue weighted by molar-refractivity contribution is 5.37. The number of nitrogens with one attached hydrogen (secondary N) is 1. The Morgan fingerprint density at radius 2 is 2.28 bits per heavy atom. The Hall–Kier alpha value is -1.49. The monoisotopic (exact) mass is 245 g/mol. The van der Waals surface area contributed by atoms with Gasteiger partial charge in [0.25, 0.3) is 0 Å². The standard InChI is InChI=1S/C13H19N5/c1-3-7-13(8-4-9-14-13)12-16-15-11-6-5-10(2)17-18(11)12/h5-6,14H,3-4,7-9H2,1-2H3. The average molecular weight is 245 g/mol. The van der Waals surface area contributed by atoms with Crippen LogP contribution in [0, 0.1) is 6.92 Å². The molecule has 3 rings (SSSR count). The third-order valence-electron chi connectivity index (χ3n) is 3.74. The van der Waals surface area contributed by atoms with Gasteiger partial charge in [-0.15, -0.1) is 10.2 Å². The number of aromatic nitrogens is 4. The van der Waals surface area contributed by atoms with Crippen LogP contribution in [0.1, 0.15) is 44.1 Å². The molecule has 3 heterocycles. The zero-order valence-corrected chi connectivity index (χ0v) is 11.0. The molecule has 2 aromatic heterocycles. The molecule has 1 aliphatic rings. The SMILES string of the molecule is CCCC1(c2nnc3ccc(C)nn23)CCCN1. The lowest BCUT2D eigenvalue weighted by Gasteiger charge is -2.26. The molecule has 0 bridgehead atoms. The van der Waals surface area contributed by atoms with Gasteiger partial charge in [-0.05, 0) is 44.9 Å². The van der Waals surface area contributed by atoms with Crippen LogP contribution >= 0.6 is 0 Å². The van der Waals surface area contributed by atoms with Crippen LogP contribution < -0.4 is 5.32 Å². The molecule has 1 atom stereocenters. The molecular formula is C13H19N5. The fourth-order valence-corrected chi connectivity index (χ4v) is 2.93. The number of hydrogen-bond donors (Lipinski definition) is 1. The first-order valence-corrected chi connectivity index (χ1v) is 6.70. The lowest BCUT2D eigenvalue weighted by Crippen LogP contribution is -2.39. The molecule has 96 valence electrons. The van der Waals surface area contributed by atoms with Crippen molar-refractivity contribution in [2.24, 2.45) is 0 Å². The Kier molecular flexibility index (Phi) is 2.78. The van der Waals surface area contributed by atoms with E-state index in [1.807, 2.05) is 23.6 Å². The number of nitrogens with zero attached hydrogens (tertiary/aromatic N) is 4. The van der Waals surface area contributed by atoms with Gasteiger partial charge in [0, 0.05) is 0 Å². The molecule has 0 spiro atoms. The van der Waals surface area contributed by atoms with Gasteiger partial charge in [-0.25, -0.2) is 0 Å². The molecule has 0 radical (unpaired) electrons. The third-order valence-corrected chi connectivity index (χ3v) is 3.74. The maximum atomic E-state index is 4.56. The minimum atomic E-state index is -0.0328. The van der Waals surface area contributed by atoms with Crippen molar-refractivity contribution >= 4 is 5.65 Å². The first kappa shape index (κ1) is 11.6. The predicted octanol–water partition coefficient (Wildman–Crippen LogP) is 1.81. The second-order valence-electron chi connectivity index (χ2n) is 5.13. The van der Waals surface area contributed by atoms with Gasteiger partial charge >= 0.3 is 0 Å². The van der Waals surface area contributed by atoms with Crippen molar-refractivity contribution in [3.05, 3.63) is 23.7 Å². The first-order chi connectivity index (χ1) is 8.75. The molecule has 0 saturated carbocycles. The molecule has 2 aromatic rings. The highest BCUT2D eigenvalue weighted by atomic mass is 15.4. The van der Waals surface area contributed by atoms with Gasteiger partial charge in [-0.1, -0.05) is 13.3 Å². The normalized spacial score (nSPS) is 23.9. The number of aryl methyl sites for hydroxylation is 1. The van der Waals surface area contributed by atoms with E-state index in [9.17, 15) is 0 Å². The highest BCUT2D eigenvalue weighted by Crippen LogP contribution is 2.33. The summed E-state index contributed by atoms with van der Waals surface area (Å²) in [6, 6.07) is 3.95. The van der Waals surface area contributed by atoms with E-state index in [0.717, 1.165) is 43.0 Å². The van der Waals surface area contributed by atoms with E-state index >= 15 is 0 Å². The summed E-state index contributed by atoms with van der Waals surface area (Å²) in [5, 5.41) is 16.8. The second-order valence-corrected chi connectivity index (χ2v) is 5.13. The van der Waals surface area contributed by atoms with Crippen molar-refractivity contribution in [3.8, 4) is 0 Å². The van der Waals surface area contributed by atoms with E-state index < -0.39 is 0 Å². The molecule has 1 saturated heterocycles. The van der Waals surface area contributed by atoms with E-state index in [0.29, 0.717) is 0 Å². The van der Waals surface area contributed by atoms with Gasteiger partial charge in [0.1, 0.15) is 0 Å². The minimum Gasteiger partial charge on any atom is -0.305 e. The molecular weight excluding hydrogens is 226 g/mol. The Labute approximate surface area is 107 Å². The Morgan fingerprint density at radius 1 is 1.39 bits per heavy atom. The highest BCUT2D eigenvalue weighted by Gasteiger charge is 2.39. The molecule has 1 aliphatic heterocycles. The van der Waals surface area contributed by atoms with Crippen LogP contribution in [0.5, 0.6) is 0 Å². The van der Waals surface area contributed by atoms with Gasteiger partial charge in [0.15, 0.2) is 11.5 Å². The number of rotatable bonds is 3. The summed E-state index contributed by atoms with van der Waals surface area (Å²) < 4.78 is 1.91. The lowest BCUT2D eigenvalue weighted by atomic mass is 9.91. The van der Waals surface area contributed by atoms with E-state index in [4.69, 9.17) is 0 Å². The Bertz CT molecular complexity index is 554. The van der Waals surface area contributed by atoms with Gasteiger partial charge in [-0.3, -0.25) is 0 Å². The molecule has 1 N–H and O–H groups in total. The van der Waals surface area contributed by atoms with Crippen molar-refractivity contribution in [2.45, 2.75) is 45.1 Å². The van der Waals surface area contributed by atoms with Crippen LogP contribution in [0.4, 0.5) is 0 Å². The van der Waals surface area contributed by atoms with E-state index in [2.05, 4.69) is 27.5 Å². The summed E-state index contributed by atoms with van der Waals surface area (Å²) in [6.45, 7) is 5.27. The molecule has 0 aromatic carbocycles. The average Bonchev–Trinajstić information content (AvgIpc) is 2.96. The third kappa shape index (κ3) is 1.70. The number of fused-ring (bicyclic) bond motifs is 1. The summed E-state index contributed by atoms with van der Waals surface area (Å²) in [4.78, 5) is 0. The van der Waals surface area contributed by atoms with Gasteiger partial charge in [-0.2, -0.15) is 9.61 Å². The van der Waals surface area contributed by atoms with Crippen molar-refractivity contribution in [2.75, 3.05) is 6.54 Å². The quantitative estimate of drug-likeness (QED) is 0.896. The van der Waals surface area contributed by atoms with Gasteiger partial charge in [0.05, 0.1) is 11.2 Å². The van der Waals surface area contributed by atoms with Gasteiger partial charge in [0.2, 0.25) is 0 Å². The van der Waals surface area contributed by atoms with E-state index in [1.54, 1.807) is 0 Å². The molecule has 5 nitrogen and oxygen atoms in total. The summed E-state index contributed by atoms with van der Waals surface area (Å²) in [7, 11) is 0. The fraction of sp³-hybridized carbons (Fsp3) is 0.615. The van der Waals surface area contributed by atoms with Crippen LogP contribution in [0.2, 0.25) is 0 Å². The second kappa shape index (κ2) is 4.31. The smallest absolute Gasteiger partial charge is 0.177 e. The van der Waals surface area contributed by atoms with E-state index in [1.165, 1.54) is 6.42 Å². The maximum Gasteiger partial charge on any atom is 0.177 e. The van der Waals surface area contributed by atoms with Crippen LogP contribution in [-0.4, -0.2) is 26.4 Å². The lowest BCUT2D eigenvalue weighted by molar-refractivity contribution is 0.327. The zero-order chi connectivity index (χ0) is 12.6. The predicted molar refractivity (Wildman–Crippen MR) is 69.3 cm³/mol. The summed E-state index contributed by atoms with van der Waals surface area (Å²) in [5.41, 5.74) is 1.79. The fourth-order valence-electron chi connectivity index (χ4n) is 2.93. The summed E-state index contributed by atoms with van der Waals surface area (Å²) in [5.74, 6) is 0.973. The molecule has 0 aliphatic carbocycles. The molecule has 5 heteroatoms. The maximum absolute atomic E-state index is 4.56. The van der Waals surface area contributed by atoms with Crippen molar-refractivity contribution in [1.82, 2.24) is 25.1 Å².